The van der Waals surface area contributed by atoms with E-state index in [9.17, 15) is 4.79 Å². The first kappa shape index (κ1) is 26.4. The molecule has 0 aliphatic heterocycles. The molecule has 2 nitrogen and oxygen atoms in total. The molecular formula is C32H45NO. The van der Waals surface area contributed by atoms with Gasteiger partial charge in [0.25, 0.3) is 0 Å². The van der Waals surface area contributed by atoms with Crippen LogP contribution in [0.3, 0.4) is 0 Å². The number of unbranched alkanes of at least 4 members (excludes halogenated alkanes) is 1. The second kappa shape index (κ2) is 13.0. The first-order valence-corrected chi connectivity index (χ1v) is 13.5. The van der Waals surface area contributed by atoms with Gasteiger partial charge < -0.3 is 0 Å². The van der Waals surface area contributed by atoms with Crippen LogP contribution in [-0.2, 0) is 10.3 Å². The van der Waals surface area contributed by atoms with Gasteiger partial charge in [0, 0.05) is 18.4 Å². The maximum Gasteiger partial charge on any atom is 0.133 e. The molecule has 2 heteroatoms. The van der Waals surface area contributed by atoms with Crippen LogP contribution in [0.1, 0.15) is 89.2 Å². The van der Waals surface area contributed by atoms with Gasteiger partial charge in [0.05, 0.1) is 0 Å². The molecule has 0 amide bonds. The van der Waals surface area contributed by atoms with E-state index in [0.717, 1.165) is 57.8 Å². The van der Waals surface area contributed by atoms with Crippen LogP contribution in [0.25, 0.3) is 5.57 Å². The molecule has 2 aromatic carbocycles. The molecule has 0 N–H and O–H groups in total. The number of hydrogen-bond donors (Lipinski definition) is 0. The summed E-state index contributed by atoms with van der Waals surface area (Å²) in [5.74, 6) is 1.61. The molecule has 0 aromatic heterocycles. The van der Waals surface area contributed by atoms with Crippen LogP contribution in [0.15, 0.2) is 66.7 Å². The van der Waals surface area contributed by atoms with Crippen molar-refractivity contribution in [1.82, 2.24) is 4.90 Å². The third-order valence-corrected chi connectivity index (χ3v) is 8.22. The van der Waals surface area contributed by atoms with E-state index < -0.39 is 0 Å². The Balaban J connectivity index is 1.43. The van der Waals surface area contributed by atoms with Gasteiger partial charge in [0.15, 0.2) is 0 Å². The van der Waals surface area contributed by atoms with Crippen molar-refractivity contribution in [2.45, 2.75) is 83.6 Å². The molecule has 0 saturated heterocycles. The number of allylic oxidation sites excluding steroid dienone is 2. The zero-order valence-corrected chi connectivity index (χ0v) is 21.9. The molecule has 184 valence electrons. The molecule has 2 aromatic rings. The molecule has 1 atom stereocenters. The number of rotatable bonds is 12. The molecule has 0 radical (unpaired) electrons. The average molecular weight is 460 g/mol. The largest absolute Gasteiger partial charge is 0.300 e. The van der Waals surface area contributed by atoms with Gasteiger partial charge in [-0.15, -0.1) is 0 Å². The van der Waals surface area contributed by atoms with Crippen molar-refractivity contribution < 1.29 is 4.79 Å². The highest BCUT2D eigenvalue weighted by molar-refractivity contribution is 5.78. The molecule has 1 fully saturated rings. The van der Waals surface area contributed by atoms with Crippen molar-refractivity contribution >= 4 is 11.4 Å². The van der Waals surface area contributed by atoms with Gasteiger partial charge in [-0.3, -0.25) is 9.69 Å². The highest BCUT2D eigenvalue weighted by Crippen LogP contribution is 2.44. The van der Waals surface area contributed by atoms with Crippen LogP contribution < -0.4 is 0 Å². The molecular weight excluding hydrogens is 414 g/mol. The molecule has 1 aliphatic carbocycles. The van der Waals surface area contributed by atoms with Crippen LogP contribution in [0.4, 0.5) is 0 Å². The fraction of sp³-hybridized carbons (Fsp3) is 0.531. The summed E-state index contributed by atoms with van der Waals surface area (Å²) >= 11 is 0. The minimum Gasteiger partial charge on any atom is -0.300 e. The summed E-state index contributed by atoms with van der Waals surface area (Å²) in [5, 5.41) is 0. The smallest absolute Gasteiger partial charge is 0.133 e. The van der Waals surface area contributed by atoms with Crippen molar-refractivity contribution in [2.24, 2.45) is 11.8 Å². The molecule has 3 rings (SSSR count). The van der Waals surface area contributed by atoms with E-state index in [1.54, 1.807) is 0 Å². The summed E-state index contributed by atoms with van der Waals surface area (Å²) in [5.41, 5.74) is 4.35. The van der Waals surface area contributed by atoms with Crippen LogP contribution in [-0.4, -0.2) is 24.8 Å². The average Bonchev–Trinajstić information content (AvgIpc) is 2.87. The molecule has 0 heterocycles. The lowest BCUT2D eigenvalue weighted by Crippen LogP contribution is -2.44. The van der Waals surface area contributed by atoms with Gasteiger partial charge in [0.2, 0.25) is 0 Å². The Morgan fingerprint density at radius 1 is 1.00 bits per heavy atom. The number of benzene rings is 2. The summed E-state index contributed by atoms with van der Waals surface area (Å²) < 4.78 is 0. The number of Topliss-reactive ketones (excluding diaryl/α,β-unsaturated/α-hetero) is 1. The fourth-order valence-electron chi connectivity index (χ4n) is 6.09. The number of carbonyl (C=O) groups is 1. The zero-order valence-electron chi connectivity index (χ0n) is 21.9. The standard InChI is InChI=1S/C32H45NO/c1-5-27(31(6-2)28-16-9-7-10-17-28)15-13-14-20-30(34)25-26-21-23-32(24-22-26,33(3)4)29-18-11-8-12-19-29/h6-12,16-19,26-27H,5,13-15,20-25H2,1-4H3/b31-6-. The van der Waals surface area contributed by atoms with E-state index >= 15 is 0 Å². The van der Waals surface area contributed by atoms with E-state index in [-0.39, 0.29) is 5.54 Å². The summed E-state index contributed by atoms with van der Waals surface area (Å²) in [4.78, 5) is 15.2. The zero-order chi connectivity index (χ0) is 24.4. The summed E-state index contributed by atoms with van der Waals surface area (Å²) in [6.07, 6.45) is 12.9. The second-order valence-corrected chi connectivity index (χ2v) is 10.4. The summed E-state index contributed by atoms with van der Waals surface area (Å²) in [6.45, 7) is 4.44. The van der Waals surface area contributed by atoms with Crippen molar-refractivity contribution in [2.75, 3.05) is 14.1 Å². The first-order valence-electron chi connectivity index (χ1n) is 13.5. The van der Waals surface area contributed by atoms with Gasteiger partial charge in [0.1, 0.15) is 5.78 Å². The minimum atomic E-state index is 0.124. The Labute approximate surface area is 208 Å². The molecule has 34 heavy (non-hydrogen) atoms. The Hall–Kier alpha value is -2.19. The van der Waals surface area contributed by atoms with E-state index in [4.69, 9.17) is 0 Å². The van der Waals surface area contributed by atoms with E-state index in [2.05, 4.69) is 99.6 Å². The lowest BCUT2D eigenvalue weighted by Gasteiger charge is -2.45. The maximum absolute atomic E-state index is 12.8. The van der Waals surface area contributed by atoms with E-state index in [1.807, 2.05) is 0 Å². The number of hydrogen-bond acceptors (Lipinski definition) is 2. The monoisotopic (exact) mass is 459 g/mol. The van der Waals surface area contributed by atoms with Crippen LogP contribution in [0, 0.1) is 11.8 Å². The topological polar surface area (TPSA) is 20.3 Å². The predicted octanol–water partition coefficient (Wildman–Crippen LogP) is 8.28. The number of ketones is 1. The highest BCUT2D eigenvalue weighted by Gasteiger charge is 2.38. The van der Waals surface area contributed by atoms with Crippen LogP contribution in [0.2, 0.25) is 0 Å². The predicted molar refractivity (Wildman–Crippen MR) is 146 cm³/mol. The van der Waals surface area contributed by atoms with E-state index in [1.165, 1.54) is 23.1 Å². The Bertz CT molecular complexity index is 891. The molecule has 0 spiro atoms. The number of carbonyl (C=O) groups excluding carboxylic acids is 1. The van der Waals surface area contributed by atoms with E-state index in [0.29, 0.717) is 17.6 Å². The highest BCUT2D eigenvalue weighted by atomic mass is 16.1. The van der Waals surface area contributed by atoms with Crippen molar-refractivity contribution in [3.05, 3.63) is 77.9 Å². The quantitative estimate of drug-likeness (QED) is 0.298. The minimum absolute atomic E-state index is 0.124. The van der Waals surface area contributed by atoms with Crippen LogP contribution >= 0.6 is 0 Å². The molecule has 1 unspecified atom stereocenters. The molecule has 0 bridgehead atoms. The molecule has 1 saturated carbocycles. The Morgan fingerprint density at radius 2 is 1.62 bits per heavy atom. The van der Waals surface area contributed by atoms with Gasteiger partial charge in [-0.2, -0.15) is 0 Å². The molecule has 1 aliphatic rings. The lowest BCUT2D eigenvalue weighted by atomic mass is 9.71. The maximum atomic E-state index is 12.8. The Morgan fingerprint density at radius 3 is 2.18 bits per heavy atom. The van der Waals surface area contributed by atoms with Crippen LogP contribution in [0.5, 0.6) is 0 Å². The van der Waals surface area contributed by atoms with Gasteiger partial charge >= 0.3 is 0 Å². The fourth-order valence-corrected chi connectivity index (χ4v) is 6.09. The van der Waals surface area contributed by atoms with Crippen molar-refractivity contribution in [3.8, 4) is 0 Å². The van der Waals surface area contributed by atoms with Gasteiger partial charge in [-0.05, 0) is 94.5 Å². The van der Waals surface area contributed by atoms with Gasteiger partial charge in [-0.25, -0.2) is 0 Å². The summed E-state index contributed by atoms with van der Waals surface area (Å²) in [7, 11) is 4.41. The third-order valence-electron chi connectivity index (χ3n) is 8.22. The normalized spacial score (nSPS) is 22.0. The second-order valence-electron chi connectivity index (χ2n) is 10.4. The lowest BCUT2D eigenvalue weighted by molar-refractivity contribution is -0.120. The Kier molecular flexibility index (Phi) is 10.1. The number of nitrogens with zero attached hydrogens (tertiary/aromatic N) is 1. The first-order chi connectivity index (χ1) is 16.5. The SMILES string of the molecule is C/C=C(\c1ccccc1)C(CC)CCCCC(=O)CC1CCC(c2ccccc2)(N(C)C)CC1. The van der Waals surface area contributed by atoms with Crippen molar-refractivity contribution in [3.63, 3.8) is 0 Å². The van der Waals surface area contributed by atoms with Crippen molar-refractivity contribution in [1.29, 1.82) is 0 Å². The summed E-state index contributed by atoms with van der Waals surface area (Å²) in [6, 6.07) is 21.7. The van der Waals surface area contributed by atoms with Gasteiger partial charge in [-0.1, -0.05) is 80.1 Å². The third kappa shape index (κ3) is 6.69.